The van der Waals surface area contributed by atoms with Gasteiger partial charge in [-0.1, -0.05) is 24.6 Å². The first-order valence-electron chi connectivity index (χ1n) is 6.77. The van der Waals surface area contributed by atoms with E-state index in [9.17, 15) is 4.79 Å². The van der Waals surface area contributed by atoms with Crippen LogP contribution in [-0.4, -0.2) is 18.5 Å². The molecule has 0 aromatic heterocycles. The highest BCUT2D eigenvalue weighted by Gasteiger charge is 2.22. The van der Waals surface area contributed by atoms with Crippen molar-refractivity contribution in [3.05, 3.63) is 35.4 Å². The second-order valence-corrected chi connectivity index (χ2v) is 5.25. The molecule has 0 heterocycles. The van der Waals surface area contributed by atoms with Crippen LogP contribution in [0.15, 0.2) is 24.3 Å². The number of aryl methyl sites for hydroxylation is 1. The van der Waals surface area contributed by atoms with E-state index in [2.05, 4.69) is 5.32 Å². The molecule has 1 aromatic carbocycles. The normalized spacial score (nSPS) is 23.7. The summed E-state index contributed by atoms with van der Waals surface area (Å²) in [5.41, 5.74) is 7.53. The molecule has 1 amide bonds. The Labute approximate surface area is 109 Å². The van der Waals surface area contributed by atoms with E-state index < -0.39 is 0 Å². The third-order valence-corrected chi connectivity index (χ3v) is 3.84. The first kappa shape index (κ1) is 13.1. The van der Waals surface area contributed by atoms with E-state index in [1.165, 1.54) is 12.8 Å². The van der Waals surface area contributed by atoms with E-state index in [0.717, 1.165) is 30.5 Å². The van der Waals surface area contributed by atoms with Gasteiger partial charge in [-0.2, -0.15) is 0 Å². The summed E-state index contributed by atoms with van der Waals surface area (Å²) in [6.45, 7) is 2.70. The second-order valence-electron chi connectivity index (χ2n) is 5.25. The first-order chi connectivity index (χ1) is 8.70. The van der Waals surface area contributed by atoms with Crippen molar-refractivity contribution in [3.8, 4) is 0 Å². The van der Waals surface area contributed by atoms with Crippen molar-refractivity contribution in [3.63, 3.8) is 0 Å². The zero-order chi connectivity index (χ0) is 13.0. The van der Waals surface area contributed by atoms with Crippen LogP contribution in [0.4, 0.5) is 0 Å². The van der Waals surface area contributed by atoms with E-state index in [-0.39, 0.29) is 5.91 Å². The van der Waals surface area contributed by atoms with E-state index >= 15 is 0 Å². The molecule has 0 saturated heterocycles. The number of nitrogens with one attached hydrogen (secondary N) is 1. The maximum Gasteiger partial charge on any atom is 0.251 e. The smallest absolute Gasteiger partial charge is 0.251 e. The lowest BCUT2D eigenvalue weighted by atomic mass is 9.85. The van der Waals surface area contributed by atoms with E-state index in [0.29, 0.717) is 12.0 Å². The number of amides is 1. The molecule has 1 aliphatic rings. The van der Waals surface area contributed by atoms with Crippen LogP contribution in [0.25, 0.3) is 0 Å². The molecule has 1 aliphatic carbocycles. The van der Waals surface area contributed by atoms with E-state index in [1.807, 2.05) is 31.2 Å². The Morgan fingerprint density at radius 1 is 1.39 bits per heavy atom. The molecule has 1 aromatic rings. The molecule has 1 fully saturated rings. The molecule has 0 spiro atoms. The highest BCUT2D eigenvalue weighted by atomic mass is 16.1. The zero-order valence-electron chi connectivity index (χ0n) is 11.0. The summed E-state index contributed by atoms with van der Waals surface area (Å²) in [7, 11) is 0. The van der Waals surface area contributed by atoms with Crippen molar-refractivity contribution in [2.45, 2.75) is 38.6 Å². The van der Waals surface area contributed by atoms with Gasteiger partial charge in [0.1, 0.15) is 0 Å². The number of benzene rings is 1. The highest BCUT2D eigenvalue weighted by molar-refractivity contribution is 5.95. The molecule has 3 N–H and O–H groups in total. The third kappa shape index (κ3) is 3.10. The Morgan fingerprint density at radius 2 is 2.17 bits per heavy atom. The van der Waals surface area contributed by atoms with Crippen LogP contribution in [0.2, 0.25) is 0 Å². The maximum atomic E-state index is 12.2. The molecular formula is C15H22N2O. The molecule has 0 bridgehead atoms. The van der Waals surface area contributed by atoms with Crippen molar-refractivity contribution >= 4 is 5.91 Å². The van der Waals surface area contributed by atoms with Gasteiger partial charge in [0.15, 0.2) is 0 Å². The lowest BCUT2D eigenvalue weighted by molar-refractivity contribution is 0.0919. The second kappa shape index (κ2) is 6.01. The van der Waals surface area contributed by atoms with Crippen LogP contribution < -0.4 is 11.1 Å². The number of rotatable bonds is 3. The molecular weight excluding hydrogens is 224 g/mol. The minimum atomic E-state index is 0.0516. The number of carbonyl (C=O) groups excluding carboxylic acids is 1. The molecule has 98 valence electrons. The monoisotopic (exact) mass is 246 g/mol. The topological polar surface area (TPSA) is 55.1 Å². The molecule has 1 saturated carbocycles. The minimum absolute atomic E-state index is 0.0516. The fourth-order valence-corrected chi connectivity index (χ4v) is 2.73. The summed E-state index contributed by atoms with van der Waals surface area (Å²) in [6, 6.07) is 8.01. The molecule has 3 nitrogen and oxygen atoms in total. The summed E-state index contributed by atoms with van der Waals surface area (Å²) in [5.74, 6) is 0.622. The molecule has 2 rings (SSSR count). The van der Waals surface area contributed by atoms with Gasteiger partial charge < -0.3 is 11.1 Å². The number of hydrogen-bond acceptors (Lipinski definition) is 2. The Kier molecular flexibility index (Phi) is 4.37. The van der Waals surface area contributed by atoms with Gasteiger partial charge in [0.2, 0.25) is 0 Å². The van der Waals surface area contributed by atoms with Crippen molar-refractivity contribution in [2.24, 2.45) is 11.7 Å². The van der Waals surface area contributed by atoms with Crippen LogP contribution in [0.3, 0.4) is 0 Å². The summed E-state index contributed by atoms with van der Waals surface area (Å²) in [4.78, 5) is 12.2. The average molecular weight is 246 g/mol. The van der Waals surface area contributed by atoms with E-state index in [1.54, 1.807) is 0 Å². The van der Waals surface area contributed by atoms with Gasteiger partial charge in [0.25, 0.3) is 5.91 Å². The van der Waals surface area contributed by atoms with Crippen molar-refractivity contribution < 1.29 is 4.79 Å². The van der Waals surface area contributed by atoms with Crippen molar-refractivity contribution in [1.82, 2.24) is 5.32 Å². The standard InChI is InChI=1S/C15H22N2O/c1-11-5-2-3-8-14(11)15(18)17-13-7-4-6-12(9-13)10-16/h2-3,5,8,12-13H,4,6-7,9-10,16H2,1H3,(H,17,18). The van der Waals surface area contributed by atoms with Gasteiger partial charge in [0, 0.05) is 11.6 Å². The predicted octanol–water partition coefficient (Wildman–Crippen LogP) is 2.24. The van der Waals surface area contributed by atoms with Crippen molar-refractivity contribution in [1.29, 1.82) is 0 Å². The SMILES string of the molecule is Cc1ccccc1C(=O)NC1CCCC(CN)C1. The fraction of sp³-hybridized carbons (Fsp3) is 0.533. The zero-order valence-corrected chi connectivity index (χ0v) is 11.0. The van der Waals surface area contributed by atoms with Crippen LogP contribution >= 0.6 is 0 Å². The number of nitrogens with two attached hydrogens (primary N) is 1. The molecule has 2 atom stereocenters. The number of hydrogen-bond donors (Lipinski definition) is 2. The quantitative estimate of drug-likeness (QED) is 0.859. The first-order valence-corrected chi connectivity index (χ1v) is 6.77. The Bertz CT molecular complexity index is 417. The summed E-state index contributed by atoms with van der Waals surface area (Å²) >= 11 is 0. The molecule has 0 radical (unpaired) electrons. The van der Waals surface area contributed by atoms with Gasteiger partial charge >= 0.3 is 0 Å². The summed E-state index contributed by atoms with van der Waals surface area (Å²) in [5, 5.41) is 3.15. The molecule has 3 heteroatoms. The Morgan fingerprint density at radius 3 is 2.89 bits per heavy atom. The van der Waals surface area contributed by atoms with Crippen LogP contribution in [0.1, 0.15) is 41.6 Å². The summed E-state index contributed by atoms with van der Waals surface area (Å²) < 4.78 is 0. The fourth-order valence-electron chi connectivity index (χ4n) is 2.73. The van der Waals surface area contributed by atoms with Gasteiger partial charge in [-0.25, -0.2) is 0 Å². The van der Waals surface area contributed by atoms with Crippen LogP contribution in [-0.2, 0) is 0 Å². The lowest BCUT2D eigenvalue weighted by Crippen LogP contribution is -2.40. The van der Waals surface area contributed by atoms with E-state index in [4.69, 9.17) is 5.73 Å². The van der Waals surface area contributed by atoms with Gasteiger partial charge in [-0.3, -0.25) is 4.79 Å². The predicted molar refractivity (Wildman–Crippen MR) is 73.4 cm³/mol. The lowest BCUT2D eigenvalue weighted by Gasteiger charge is -2.29. The highest BCUT2D eigenvalue weighted by Crippen LogP contribution is 2.23. The molecule has 0 aliphatic heterocycles. The largest absolute Gasteiger partial charge is 0.349 e. The molecule has 18 heavy (non-hydrogen) atoms. The average Bonchev–Trinajstić information content (AvgIpc) is 2.39. The van der Waals surface area contributed by atoms with Crippen LogP contribution in [0.5, 0.6) is 0 Å². The Balaban J connectivity index is 1.97. The molecule has 2 unspecified atom stereocenters. The minimum Gasteiger partial charge on any atom is -0.349 e. The van der Waals surface area contributed by atoms with Crippen molar-refractivity contribution in [2.75, 3.05) is 6.54 Å². The Hall–Kier alpha value is -1.35. The van der Waals surface area contributed by atoms with Gasteiger partial charge in [-0.05, 0) is 50.3 Å². The summed E-state index contributed by atoms with van der Waals surface area (Å²) in [6.07, 6.45) is 4.47. The van der Waals surface area contributed by atoms with Crippen LogP contribution in [0, 0.1) is 12.8 Å². The van der Waals surface area contributed by atoms with Gasteiger partial charge in [-0.15, -0.1) is 0 Å². The maximum absolute atomic E-state index is 12.2. The van der Waals surface area contributed by atoms with Gasteiger partial charge in [0.05, 0.1) is 0 Å². The number of carbonyl (C=O) groups is 1. The third-order valence-electron chi connectivity index (χ3n) is 3.84.